The average Bonchev–Trinajstić information content (AvgIpc) is 3.06. The summed E-state index contributed by atoms with van der Waals surface area (Å²) in [5.41, 5.74) is 11.2. The topological polar surface area (TPSA) is 146 Å². The third-order valence-corrected chi connectivity index (χ3v) is 3.75. The molecule has 21 heavy (non-hydrogen) atoms. The number of hydrogen-bond donors (Lipinski definition) is 3. The molecule has 2 heterocycles. The summed E-state index contributed by atoms with van der Waals surface area (Å²) in [7, 11) is 1.23. The molecule has 0 atom stereocenters. The fourth-order valence-corrected chi connectivity index (χ4v) is 2.72. The lowest BCUT2D eigenvalue weighted by Crippen LogP contribution is -2.16. The van der Waals surface area contributed by atoms with Gasteiger partial charge in [0.2, 0.25) is 6.39 Å². The maximum Gasteiger partial charge on any atom is 0.350 e. The molecule has 2 aromatic rings. The Balaban J connectivity index is 2.17. The van der Waals surface area contributed by atoms with Gasteiger partial charge in [-0.3, -0.25) is 4.79 Å². The van der Waals surface area contributed by atoms with Crippen LogP contribution in [0.4, 0.5) is 10.7 Å². The smallest absolute Gasteiger partial charge is 0.350 e. The van der Waals surface area contributed by atoms with Crippen molar-refractivity contribution in [1.82, 2.24) is 10.1 Å². The highest BCUT2D eigenvalue weighted by Gasteiger charge is 2.24. The zero-order chi connectivity index (χ0) is 15.4. The minimum atomic E-state index is -0.721. The molecule has 0 radical (unpaired) electrons. The van der Waals surface area contributed by atoms with Crippen molar-refractivity contribution < 1.29 is 18.8 Å². The molecular formula is C11H13N5O4S. The Morgan fingerprint density at radius 3 is 2.86 bits per heavy atom. The summed E-state index contributed by atoms with van der Waals surface area (Å²) < 4.78 is 9.21. The van der Waals surface area contributed by atoms with Crippen molar-refractivity contribution in [2.75, 3.05) is 24.7 Å². The summed E-state index contributed by atoms with van der Waals surface area (Å²) >= 11 is 1.01. The Hall–Kier alpha value is -2.62. The van der Waals surface area contributed by atoms with Crippen molar-refractivity contribution in [3.05, 3.63) is 22.7 Å². The number of anilines is 2. The molecule has 0 bridgehead atoms. The number of amides is 1. The second-order valence-electron chi connectivity index (χ2n) is 3.93. The van der Waals surface area contributed by atoms with Crippen LogP contribution in [0.2, 0.25) is 0 Å². The third kappa shape index (κ3) is 3.11. The highest BCUT2D eigenvalue weighted by Crippen LogP contribution is 2.35. The number of nitrogens with zero attached hydrogens (tertiary/aromatic N) is 2. The van der Waals surface area contributed by atoms with E-state index in [1.807, 2.05) is 0 Å². The summed E-state index contributed by atoms with van der Waals surface area (Å²) in [6, 6.07) is 0. The number of thiophene rings is 1. The van der Waals surface area contributed by atoms with Crippen LogP contribution in [0.25, 0.3) is 0 Å². The van der Waals surface area contributed by atoms with Gasteiger partial charge in [0.25, 0.3) is 5.91 Å². The number of nitrogens with one attached hydrogen (secondary N) is 1. The van der Waals surface area contributed by atoms with Gasteiger partial charge in [-0.05, 0) is 0 Å². The molecule has 2 rings (SSSR count). The number of aromatic nitrogens is 2. The first-order valence-electron chi connectivity index (χ1n) is 5.84. The van der Waals surface area contributed by atoms with Crippen molar-refractivity contribution in [2.24, 2.45) is 5.73 Å². The minimum absolute atomic E-state index is 0.0152. The van der Waals surface area contributed by atoms with E-state index < -0.39 is 11.9 Å². The number of ether oxygens (including phenoxy) is 1. The highest BCUT2D eigenvalue weighted by atomic mass is 32.1. The van der Waals surface area contributed by atoms with Gasteiger partial charge in [0.05, 0.1) is 18.4 Å². The van der Waals surface area contributed by atoms with E-state index >= 15 is 0 Å². The van der Waals surface area contributed by atoms with Gasteiger partial charge in [-0.25, -0.2) is 4.79 Å². The summed E-state index contributed by atoms with van der Waals surface area (Å²) in [5.74, 6) is -0.826. The SMILES string of the molecule is COC(=O)c1sc(NCCc2ncon2)c(C(N)=O)c1N. The maximum absolute atomic E-state index is 11.6. The van der Waals surface area contributed by atoms with Gasteiger partial charge in [-0.1, -0.05) is 5.16 Å². The molecule has 0 unspecified atom stereocenters. The standard InChI is InChI=1S/C11H13N5O4S/c1-19-11(18)8-7(12)6(9(13)17)10(21-8)14-3-2-5-15-4-20-16-5/h4,14H,2-3,12H2,1H3,(H2,13,17). The first kappa shape index (κ1) is 14.8. The van der Waals surface area contributed by atoms with Crippen LogP contribution in [0.15, 0.2) is 10.9 Å². The molecule has 2 aromatic heterocycles. The van der Waals surface area contributed by atoms with Gasteiger partial charge >= 0.3 is 5.97 Å². The van der Waals surface area contributed by atoms with Crippen LogP contribution < -0.4 is 16.8 Å². The zero-order valence-electron chi connectivity index (χ0n) is 11.1. The molecule has 5 N–H and O–H groups in total. The third-order valence-electron chi connectivity index (χ3n) is 2.60. The largest absolute Gasteiger partial charge is 0.465 e. The van der Waals surface area contributed by atoms with Crippen LogP contribution in [-0.4, -0.2) is 35.7 Å². The number of carbonyl (C=O) groups is 2. The summed E-state index contributed by atoms with van der Waals surface area (Å²) in [5, 5.41) is 7.04. The molecular weight excluding hydrogens is 298 g/mol. The van der Waals surface area contributed by atoms with Crippen molar-refractivity contribution in [2.45, 2.75) is 6.42 Å². The van der Waals surface area contributed by atoms with Gasteiger partial charge in [0.15, 0.2) is 5.82 Å². The predicted octanol–water partition coefficient (Wildman–Crippen LogP) is 0.253. The quantitative estimate of drug-likeness (QED) is 0.643. The summed E-state index contributed by atoms with van der Waals surface area (Å²) in [4.78, 5) is 27.1. The van der Waals surface area contributed by atoms with Crippen LogP contribution >= 0.6 is 11.3 Å². The number of nitrogen functional groups attached to an aromatic ring is 1. The molecule has 0 aromatic carbocycles. The molecule has 0 fully saturated rings. The molecule has 10 heteroatoms. The molecule has 0 saturated carbocycles. The summed E-state index contributed by atoms with van der Waals surface area (Å²) in [6.07, 6.45) is 1.70. The molecule has 9 nitrogen and oxygen atoms in total. The Kier molecular flexibility index (Phi) is 4.38. The van der Waals surface area contributed by atoms with Gasteiger partial charge in [0, 0.05) is 13.0 Å². The second kappa shape index (κ2) is 6.22. The van der Waals surface area contributed by atoms with Crippen LogP contribution in [0.5, 0.6) is 0 Å². The average molecular weight is 311 g/mol. The van der Waals surface area contributed by atoms with E-state index in [1.165, 1.54) is 13.5 Å². The fourth-order valence-electron chi connectivity index (χ4n) is 1.65. The van der Waals surface area contributed by atoms with Crippen molar-refractivity contribution in [3.63, 3.8) is 0 Å². The second-order valence-corrected chi connectivity index (χ2v) is 4.95. The molecule has 0 aliphatic carbocycles. The number of nitrogens with two attached hydrogens (primary N) is 2. The van der Waals surface area contributed by atoms with Gasteiger partial charge in [-0.15, -0.1) is 11.3 Å². The van der Waals surface area contributed by atoms with Gasteiger partial charge in [-0.2, -0.15) is 4.98 Å². The van der Waals surface area contributed by atoms with E-state index in [-0.39, 0.29) is 16.1 Å². The first-order chi connectivity index (χ1) is 10.0. The number of esters is 1. The minimum Gasteiger partial charge on any atom is -0.465 e. The lowest BCUT2D eigenvalue weighted by Gasteiger charge is -2.03. The molecule has 0 aliphatic heterocycles. The Bertz CT molecular complexity index is 652. The molecule has 0 saturated heterocycles. The fraction of sp³-hybridized carbons (Fsp3) is 0.273. The molecule has 1 amide bonds. The van der Waals surface area contributed by atoms with Crippen LogP contribution in [-0.2, 0) is 11.2 Å². The summed E-state index contributed by atoms with van der Waals surface area (Å²) in [6.45, 7) is 0.417. The van der Waals surface area contributed by atoms with Crippen molar-refractivity contribution >= 4 is 33.9 Å². The zero-order valence-corrected chi connectivity index (χ0v) is 11.9. The van der Waals surface area contributed by atoms with E-state index in [4.69, 9.17) is 11.5 Å². The number of carbonyl (C=O) groups excluding carboxylic acids is 2. The number of methoxy groups -OCH3 is 1. The van der Waals surface area contributed by atoms with Crippen molar-refractivity contribution in [3.8, 4) is 0 Å². The van der Waals surface area contributed by atoms with E-state index in [0.717, 1.165) is 11.3 Å². The van der Waals surface area contributed by atoms with Gasteiger partial charge in [0.1, 0.15) is 9.88 Å². The number of rotatable bonds is 6. The van der Waals surface area contributed by atoms with E-state index in [2.05, 4.69) is 24.7 Å². The number of hydrogen-bond acceptors (Lipinski definition) is 9. The predicted molar refractivity (Wildman–Crippen MR) is 75.1 cm³/mol. The molecule has 0 spiro atoms. The van der Waals surface area contributed by atoms with E-state index in [9.17, 15) is 9.59 Å². The van der Waals surface area contributed by atoms with E-state index in [0.29, 0.717) is 23.8 Å². The monoisotopic (exact) mass is 311 g/mol. The van der Waals surface area contributed by atoms with Crippen molar-refractivity contribution in [1.29, 1.82) is 0 Å². The molecule has 0 aliphatic rings. The maximum atomic E-state index is 11.6. The normalized spacial score (nSPS) is 10.3. The highest BCUT2D eigenvalue weighted by molar-refractivity contribution is 7.19. The lowest BCUT2D eigenvalue weighted by atomic mass is 10.2. The van der Waals surface area contributed by atoms with Crippen LogP contribution in [0, 0.1) is 0 Å². The Morgan fingerprint density at radius 1 is 1.52 bits per heavy atom. The Labute approximate surface area is 123 Å². The first-order valence-corrected chi connectivity index (χ1v) is 6.65. The van der Waals surface area contributed by atoms with Gasteiger partial charge < -0.3 is 26.0 Å². The molecule has 112 valence electrons. The number of primary amides is 1. The Morgan fingerprint density at radius 2 is 2.29 bits per heavy atom. The van der Waals surface area contributed by atoms with Crippen LogP contribution in [0.1, 0.15) is 25.9 Å². The van der Waals surface area contributed by atoms with Crippen LogP contribution in [0.3, 0.4) is 0 Å². The van der Waals surface area contributed by atoms with E-state index in [1.54, 1.807) is 0 Å². The lowest BCUT2D eigenvalue weighted by molar-refractivity contribution is 0.0607.